The van der Waals surface area contributed by atoms with Crippen molar-refractivity contribution in [2.24, 2.45) is 0 Å². The van der Waals surface area contributed by atoms with Crippen molar-refractivity contribution in [3.63, 3.8) is 0 Å². The molecule has 18 heavy (non-hydrogen) atoms. The highest BCUT2D eigenvalue weighted by atomic mass is 16.5. The van der Waals surface area contributed by atoms with Crippen LogP contribution in [0.2, 0.25) is 0 Å². The number of benzene rings is 1. The number of ether oxygens (including phenoxy) is 1. The fourth-order valence-corrected chi connectivity index (χ4v) is 2.13. The van der Waals surface area contributed by atoms with Gasteiger partial charge < -0.3 is 10.1 Å². The predicted octanol–water partition coefficient (Wildman–Crippen LogP) is 3.93. The van der Waals surface area contributed by atoms with Gasteiger partial charge in [0.2, 0.25) is 0 Å². The maximum Gasteiger partial charge on any atom is 0.0616 e. The van der Waals surface area contributed by atoms with Crippen LogP contribution in [0.15, 0.2) is 30.3 Å². The molecule has 0 spiro atoms. The van der Waals surface area contributed by atoms with E-state index in [1.54, 1.807) is 0 Å². The van der Waals surface area contributed by atoms with Gasteiger partial charge in [0.1, 0.15) is 0 Å². The molecule has 0 saturated heterocycles. The number of unbranched alkanes of at least 4 members (excludes halogenated alkanes) is 1. The molecule has 0 aliphatic heterocycles. The molecular formula is C16H27NO. The highest BCUT2D eigenvalue weighted by Crippen LogP contribution is 2.19. The topological polar surface area (TPSA) is 21.3 Å². The van der Waals surface area contributed by atoms with Crippen LogP contribution in [-0.2, 0) is 4.74 Å². The van der Waals surface area contributed by atoms with Gasteiger partial charge in [-0.05, 0) is 25.8 Å². The van der Waals surface area contributed by atoms with Crippen molar-refractivity contribution in [2.45, 2.75) is 52.1 Å². The third kappa shape index (κ3) is 5.65. The molecule has 102 valence electrons. The summed E-state index contributed by atoms with van der Waals surface area (Å²) in [5.74, 6) is 0. The van der Waals surface area contributed by atoms with Crippen molar-refractivity contribution in [2.75, 3.05) is 13.2 Å². The van der Waals surface area contributed by atoms with Gasteiger partial charge in [-0.2, -0.15) is 0 Å². The van der Waals surface area contributed by atoms with Crippen LogP contribution in [0.3, 0.4) is 0 Å². The Morgan fingerprint density at radius 1 is 1.17 bits per heavy atom. The van der Waals surface area contributed by atoms with Crippen molar-refractivity contribution in [1.82, 2.24) is 5.32 Å². The van der Waals surface area contributed by atoms with E-state index in [9.17, 15) is 0 Å². The Hall–Kier alpha value is -0.860. The lowest BCUT2D eigenvalue weighted by atomic mass is 10.0. The van der Waals surface area contributed by atoms with Crippen LogP contribution < -0.4 is 5.32 Å². The largest absolute Gasteiger partial charge is 0.380 e. The van der Waals surface area contributed by atoms with Gasteiger partial charge in [0.25, 0.3) is 0 Å². The zero-order chi connectivity index (χ0) is 13.2. The van der Waals surface area contributed by atoms with Crippen LogP contribution >= 0.6 is 0 Å². The third-order valence-corrected chi connectivity index (χ3v) is 3.11. The third-order valence-electron chi connectivity index (χ3n) is 3.11. The van der Waals surface area contributed by atoms with Crippen molar-refractivity contribution >= 4 is 0 Å². The molecule has 0 fully saturated rings. The molecule has 2 atom stereocenters. The van der Waals surface area contributed by atoms with Gasteiger partial charge in [0.15, 0.2) is 0 Å². The lowest BCUT2D eigenvalue weighted by Crippen LogP contribution is -2.34. The molecule has 2 heteroatoms. The van der Waals surface area contributed by atoms with Crippen LogP contribution in [0.4, 0.5) is 0 Å². The molecule has 2 unspecified atom stereocenters. The second-order valence-corrected chi connectivity index (χ2v) is 4.83. The van der Waals surface area contributed by atoms with Crippen molar-refractivity contribution in [3.05, 3.63) is 35.9 Å². The minimum atomic E-state index is 0.395. The molecule has 1 aromatic carbocycles. The van der Waals surface area contributed by atoms with Crippen LogP contribution in [0.5, 0.6) is 0 Å². The lowest BCUT2D eigenvalue weighted by molar-refractivity contribution is 0.123. The van der Waals surface area contributed by atoms with E-state index in [1.165, 1.54) is 24.8 Å². The molecule has 1 aromatic rings. The number of hydrogen-bond donors (Lipinski definition) is 1. The highest BCUT2D eigenvalue weighted by molar-refractivity contribution is 5.18. The van der Waals surface area contributed by atoms with E-state index in [4.69, 9.17) is 4.74 Å². The normalized spacial score (nSPS) is 14.4. The van der Waals surface area contributed by atoms with Crippen LogP contribution in [-0.4, -0.2) is 19.3 Å². The number of nitrogens with one attached hydrogen (secondary N) is 1. The molecule has 1 rings (SSSR count). The maximum absolute atomic E-state index is 5.47. The van der Waals surface area contributed by atoms with Crippen LogP contribution in [0, 0.1) is 0 Å². The SMILES string of the molecule is CCCCC(NC(C)COCC)c1ccccc1. The Labute approximate surface area is 112 Å². The summed E-state index contributed by atoms with van der Waals surface area (Å²) >= 11 is 0. The average molecular weight is 249 g/mol. The van der Waals surface area contributed by atoms with Crippen molar-refractivity contribution < 1.29 is 4.74 Å². The molecule has 0 amide bonds. The monoisotopic (exact) mass is 249 g/mol. The van der Waals surface area contributed by atoms with Crippen LogP contribution in [0.25, 0.3) is 0 Å². The first kappa shape index (κ1) is 15.2. The predicted molar refractivity (Wildman–Crippen MR) is 77.8 cm³/mol. The second-order valence-electron chi connectivity index (χ2n) is 4.83. The van der Waals surface area contributed by atoms with E-state index in [-0.39, 0.29) is 0 Å². The van der Waals surface area contributed by atoms with E-state index >= 15 is 0 Å². The van der Waals surface area contributed by atoms with Crippen LogP contribution in [0.1, 0.15) is 51.6 Å². The van der Waals surface area contributed by atoms with Gasteiger partial charge in [0.05, 0.1) is 6.61 Å². The molecule has 2 nitrogen and oxygen atoms in total. The molecule has 0 heterocycles. The Kier molecular flexibility index (Phi) is 7.70. The molecule has 0 aliphatic carbocycles. The first-order chi connectivity index (χ1) is 8.77. The van der Waals surface area contributed by atoms with Gasteiger partial charge in [-0.3, -0.25) is 0 Å². The quantitative estimate of drug-likeness (QED) is 0.716. The standard InChI is InChI=1S/C16H27NO/c1-4-6-12-16(15-10-8-7-9-11-15)17-14(3)13-18-5-2/h7-11,14,16-17H,4-6,12-13H2,1-3H3. The first-order valence-corrected chi connectivity index (χ1v) is 7.16. The fraction of sp³-hybridized carbons (Fsp3) is 0.625. The Balaban J connectivity index is 2.55. The molecule has 0 bridgehead atoms. The summed E-state index contributed by atoms with van der Waals surface area (Å²) in [5.41, 5.74) is 1.38. The first-order valence-electron chi connectivity index (χ1n) is 7.16. The molecule has 0 saturated carbocycles. The Morgan fingerprint density at radius 2 is 1.89 bits per heavy atom. The Bertz CT molecular complexity index is 299. The van der Waals surface area contributed by atoms with Gasteiger partial charge in [-0.25, -0.2) is 0 Å². The molecule has 0 aromatic heterocycles. The van der Waals surface area contributed by atoms with E-state index in [0.29, 0.717) is 12.1 Å². The minimum Gasteiger partial charge on any atom is -0.380 e. The van der Waals surface area contributed by atoms with Crippen molar-refractivity contribution in [3.8, 4) is 0 Å². The van der Waals surface area contributed by atoms with Gasteiger partial charge in [-0.1, -0.05) is 50.1 Å². The van der Waals surface area contributed by atoms with Crippen molar-refractivity contribution in [1.29, 1.82) is 0 Å². The summed E-state index contributed by atoms with van der Waals surface area (Å²) in [5, 5.41) is 3.68. The lowest BCUT2D eigenvalue weighted by Gasteiger charge is -2.23. The summed E-state index contributed by atoms with van der Waals surface area (Å²) in [6.07, 6.45) is 3.69. The fourth-order valence-electron chi connectivity index (χ4n) is 2.13. The zero-order valence-corrected chi connectivity index (χ0v) is 12.0. The van der Waals surface area contributed by atoms with Gasteiger partial charge >= 0.3 is 0 Å². The number of hydrogen-bond acceptors (Lipinski definition) is 2. The smallest absolute Gasteiger partial charge is 0.0616 e. The van der Waals surface area contributed by atoms with Gasteiger partial charge in [-0.15, -0.1) is 0 Å². The maximum atomic E-state index is 5.47. The molecule has 0 aliphatic rings. The number of rotatable bonds is 9. The summed E-state index contributed by atoms with van der Waals surface area (Å²) in [7, 11) is 0. The molecule has 0 radical (unpaired) electrons. The average Bonchev–Trinajstić information content (AvgIpc) is 2.42. The van der Waals surface area contributed by atoms with E-state index < -0.39 is 0 Å². The zero-order valence-electron chi connectivity index (χ0n) is 12.0. The molecular weight excluding hydrogens is 222 g/mol. The van der Waals surface area contributed by atoms with Gasteiger partial charge in [0, 0.05) is 18.7 Å². The molecule has 1 N–H and O–H groups in total. The summed E-state index contributed by atoms with van der Waals surface area (Å²) in [6.45, 7) is 8.05. The second kappa shape index (κ2) is 9.12. The minimum absolute atomic E-state index is 0.395. The summed E-state index contributed by atoms with van der Waals surface area (Å²) in [6, 6.07) is 11.6. The highest BCUT2D eigenvalue weighted by Gasteiger charge is 2.13. The van der Waals surface area contributed by atoms with E-state index in [2.05, 4.69) is 49.5 Å². The summed E-state index contributed by atoms with van der Waals surface area (Å²) < 4.78 is 5.47. The summed E-state index contributed by atoms with van der Waals surface area (Å²) in [4.78, 5) is 0. The van der Waals surface area contributed by atoms with E-state index in [1.807, 2.05) is 6.92 Å². The van der Waals surface area contributed by atoms with E-state index in [0.717, 1.165) is 13.2 Å². The Morgan fingerprint density at radius 3 is 2.50 bits per heavy atom.